The van der Waals surface area contributed by atoms with E-state index in [0.717, 1.165) is 35.3 Å². The second kappa shape index (κ2) is 12.0. The number of unbranched alkanes of at least 4 members (excludes halogenated alkanes) is 2. The van der Waals surface area contributed by atoms with Gasteiger partial charge in [-0.15, -0.1) is 0 Å². The largest absolute Gasteiger partial charge is 0.465 e. The maximum atomic E-state index is 11.6. The third-order valence-electron chi connectivity index (χ3n) is 2.59. The third-order valence-corrected chi connectivity index (χ3v) is 6.16. The summed E-state index contributed by atoms with van der Waals surface area (Å²) >= 11 is 10.3. The summed E-state index contributed by atoms with van der Waals surface area (Å²) in [5, 5.41) is 5.72. The molecule has 0 aromatic heterocycles. The summed E-state index contributed by atoms with van der Waals surface area (Å²) in [6.07, 6.45) is 2.86. The van der Waals surface area contributed by atoms with Crippen molar-refractivity contribution in [2.24, 2.45) is 10.5 Å². The van der Waals surface area contributed by atoms with Crippen LogP contribution >= 0.6 is 47.8 Å². The molecule has 0 heterocycles. The van der Waals surface area contributed by atoms with Crippen LogP contribution in [-0.4, -0.2) is 35.1 Å². The molecule has 0 aliphatic heterocycles. The van der Waals surface area contributed by atoms with Gasteiger partial charge in [-0.1, -0.05) is 59.3 Å². The average Bonchev–Trinajstić information content (AvgIpc) is 2.45. The Morgan fingerprint density at radius 2 is 1.79 bits per heavy atom. The molecule has 0 saturated heterocycles. The first-order valence-electron chi connectivity index (χ1n) is 5.98. The number of azide groups is 1. The number of ether oxygens (including phenoxy) is 1. The standard InChI is InChI=1S/C11H18Br3N3O2/c12-6-11(7-13,8-14)9-19-10(18)4-2-1-3-5-16-17-15/h1-9H2. The molecule has 0 aromatic rings. The van der Waals surface area contributed by atoms with Gasteiger partial charge >= 0.3 is 5.97 Å². The van der Waals surface area contributed by atoms with E-state index in [0.29, 0.717) is 19.6 Å². The summed E-state index contributed by atoms with van der Waals surface area (Å²) in [7, 11) is 0. The van der Waals surface area contributed by atoms with Crippen LogP contribution in [0, 0.1) is 5.41 Å². The SMILES string of the molecule is [N-]=[N+]=NCCCCCC(=O)OCC(CBr)(CBr)CBr. The van der Waals surface area contributed by atoms with Crippen molar-refractivity contribution in [3.8, 4) is 0 Å². The summed E-state index contributed by atoms with van der Waals surface area (Å²) in [5.74, 6) is -0.170. The number of esters is 1. The van der Waals surface area contributed by atoms with Gasteiger partial charge in [0.05, 0.1) is 6.61 Å². The van der Waals surface area contributed by atoms with E-state index in [1.54, 1.807) is 0 Å². The number of carbonyl (C=O) groups is 1. The monoisotopic (exact) mass is 461 g/mol. The molecule has 0 saturated carbocycles. The Balaban J connectivity index is 3.77. The molecule has 0 aliphatic carbocycles. The fraction of sp³-hybridized carbons (Fsp3) is 0.909. The van der Waals surface area contributed by atoms with Crippen LogP contribution in [0.5, 0.6) is 0 Å². The minimum atomic E-state index is -0.170. The molecule has 0 fully saturated rings. The van der Waals surface area contributed by atoms with Gasteiger partial charge in [-0.2, -0.15) is 0 Å². The minimum Gasteiger partial charge on any atom is -0.465 e. The first kappa shape index (κ1) is 19.2. The van der Waals surface area contributed by atoms with Crippen molar-refractivity contribution < 1.29 is 9.53 Å². The summed E-state index contributed by atoms with van der Waals surface area (Å²) < 4.78 is 5.30. The zero-order valence-electron chi connectivity index (χ0n) is 10.7. The van der Waals surface area contributed by atoms with Crippen molar-refractivity contribution in [1.82, 2.24) is 0 Å². The van der Waals surface area contributed by atoms with Gasteiger partial charge in [0, 0.05) is 39.3 Å². The topological polar surface area (TPSA) is 75.1 Å². The number of halogens is 3. The van der Waals surface area contributed by atoms with Crippen LogP contribution in [0.4, 0.5) is 0 Å². The second-order valence-corrected chi connectivity index (χ2v) is 6.01. The van der Waals surface area contributed by atoms with E-state index in [4.69, 9.17) is 10.3 Å². The summed E-state index contributed by atoms with van der Waals surface area (Å²) in [6, 6.07) is 0. The van der Waals surface area contributed by atoms with Crippen LogP contribution < -0.4 is 0 Å². The maximum absolute atomic E-state index is 11.6. The van der Waals surface area contributed by atoms with Crippen LogP contribution in [0.15, 0.2) is 5.11 Å². The van der Waals surface area contributed by atoms with Gasteiger partial charge in [-0.05, 0) is 18.4 Å². The smallest absolute Gasteiger partial charge is 0.305 e. The average molecular weight is 464 g/mol. The van der Waals surface area contributed by atoms with E-state index in [-0.39, 0.29) is 11.4 Å². The lowest BCUT2D eigenvalue weighted by Gasteiger charge is -2.26. The summed E-state index contributed by atoms with van der Waals surface area (Å²) in [6.45, 7) is 0.887. The molecule has 5 nitrogen and oxygen atoms in total. The highest BCUT2D eigenvalue weighted by Crippen LogP contribution is 2.26. The Morgan fingerprint density at radius 3 is 2.32 bits per heavy atom. The maximum Gasteiger partial charge on any atom is 0.305 e. The lowest BCUT2D eigenvalue weighted by molar-refractivity contribution is -0.146. The van der Waals surface area contributed by atoms with E-state index in [9.17, 15) is 4.79 Å². The Morgan fingerprint density at radius 1 is 1.16 bits per heavy atom. The molecular formula is C11H18Br3N3O2. The van der Waals surface area contributed by atoms with Gasteiger partial charge in [0.15, 0.2) is 0 Å². The molecule has 0 bridgehead atoms. The van der Waals surface area contributed by atoms with E-state index in [1.165, 1.54) is 0 Å². The van der Waals surface area contributed by atoms with Crippen LogP contribution in [0.3, 0.4) is 0 Å². The van der Waals surface area contributed by atoms with Crippen LogP contribution in [0.1, 0.15) is 25.7 Å². The van der Waals surface area contributed by atoms with Crippen molar-refractivity contribution in [2.75, 3.05) is 29.1 Å². The third kappa shape index (κ3) is 8.89. The van der Waals surface area contributed by atoms with Crippen molar-refractivity contribution in [3.05, 3.63) is 10.4 Å². The van der Waals surface area contributed by atoms with Crippen LogP contribution in [-0.2, 0) is 9.53 Å². The number of alkyl halides is 3. The Kier molecular flexibility index (Phi) is 12.1. The number of hydrogen-bond acceptors (Lipinski definition) is 3. The Hall–Kier alpha value is 0.220. The highest BCUT2D eigenvalue weighted by molar-refractivity contribution is 9.10. The molecule has 19 heavy (non-hydrogen) atoms. The fourth-order valence-electron chi connectivity index (χ4n) is 1.20. The molecule has 0 aromatic carbocycles. The molecule has 110 valence electrons. The molecule has 0 N–H and O–H groups in total. The second-order valence-electron chi connectivity index (χ2n) is 4.33. The predicted molar refractivity (Wildman–Crippen MR) is 87.3 cm³/mol. The zero-order valence-corrected chi connectivity index (χ0v) is 15.4. The van der Waals surface area contributed by atoms with Crippen molar-refractivity contribution in [3.63, 3.8) is 0 Å². The molecule has 0 aliphatic rings. The first-order valence-corrected chi connectivity index (χ1v) is 9.35. The molecule has 0 unspecified atom stereocenters. The highest BCUT2D eigenvalue weighted by Gasteiger charge is 2.28. The van der Waals surface area contributed by atoms with Gasteiger partial charge in [0.2, 0.25) is 0 Å². The molecule has 0 rings (SSSR count). The lowest BCUT2D eigenvalue weighted by atomic mass is 9.98. The normalized spacial score (nSPS) is 10.9. The number of hydrogen-bond donors (Lipinski definition) is 0. The number of rotatable bonds is 11. The summed E-state index contributed by atoms with van der Waals surface area (Å²) in [4.78, 5) is 14.2. The molecule has 0 spiro atoms. The first-order chi connectivity index (χ1) is 9.14. The number of carbonyl (C=O) groups excluding carboxylic acids is 1. The Labute approximate surface area is 138 Å². The molecule has 0 radical (unpaired) electrons. The van der Waals surface area contributed by atoms with Crippen molar-refractivity contribution in [2.45, 2.75) is 25.7 Å². The quantitative estimate of drug-likeness (QED) is 0.112. The van der Waals surface area contributed by atoms with Crippen LogP contribution in [0.2, 0.25) is 0 Å². The zero-order chi connectivity index (χ0) is 14.6. The Bertz CT molecular complexity index is 297. The molecule has 0 atom stereocenters. The van der Waals surface area contributed by atoms with Crippen molar-refractivity contribution >= 4 is 53.8 Å². The van der Waals surface area contributed by atoms with E-state index >= 15 is 0 Å². The number of nitrogens with zero attached hydrogens (tertiary/aromatic N) is 3. The predicted octanol–water partition coefficient (Wildman–Crippen LogP) is 4.57. The van der Waals surface area contributed by atoms with Gasteiger partial charge < -0.3 is 4.74 Å². The van der Waals surface area contributed by atoms with Gasteiger partial charge in [-0.25, -0.2) is 0 Å². The van der Waals surface area contributed by atoms with Gasteiger partial charge in [-0.3, -0.25) is 4.79 Å². The fourth-order valence-corrected chi connectivity index (χ4v) is 4.47. The van der Waals surface area contributed by atoms with E-state index in [1.807, 2.05) is 0 Å². The van der Waals surface area contributed by atoms with Gasteiger partial charge in [0.25, 0.3) is 0 Å². The minimum absolute atomic E-state index is 0.100. The molecule has 8 heteroatoms. The van der Waals surface area contributed by atoms with Crippen LogP contribution in [0.25, 0.3) is 10.4 Å². The highest BCUT2D eigenvalue weighted by atomic mass is 79.9. The summed E-state index contributed by atoms with van der Waals surface area (Å²) in [5.41, 5.74) is 8.00. The van der Waals surface area contributed by atoms with E-state index in [2.05, 4.69) is 57.8 Å². The van der Waals surface area contributed by atoms with Gasteiger partial charge in [0.1, 0.15) is 0 Å². The molecule has 0 amide bonds. The molecular weight excluding hydrogens is 446 g/mol. The lowest BCUT2D eigenvalue weighted by Crippen LogP contribution is -2.33. The van der Waals surface area contributed by atoms with Crippen molar-refractivity contribution in [1.29, 1.82) is 0 Å². The van der Waals surface area contributed by atoms with E-state index < -0.39 is 0 Å².